The van der Waals surface area contributed by atoms with Crippen LogP contribution in [0, 0.1) is 0 Å². The second-order valence-corrected chi connectivity index (χ2v) is 8.56. The van der Waals surface area contributed by atoms with E-state index in [1.165, 1.54) is 7.11 Å². The molecule has 136 valence electrons. The standard InChI is InChI=1S/C19H26N2O3S/c1-6-24-16(14-7-9-15(10-8-14)18(22)23-5)17(25-19(2,3)4)21-12-11-20-13-21/h7-13,16-17H,6H2,1-5H3. The van der Waals surface area contributed by atoms with E-state index in [2.05, 4.69) is 30.3 Å². The summed E-state index contributed by atoms with van der Waals surface area (Å²) < 4.78 is 13.0. The topological polar surface area (TPSA) is 53.4 Å². The molecule has 5 nitrogen and oxygen atoms in total. The monoisotopic (exact) mass is 362 g/mol. The number of hydrogen-bond donors (Lipinski definition) is 0. The van der Waals surface area contributed by atoms with E-state index in [4.69, 9.17) is 9.47 Å². The van der Waals surface area contributed by atoms with Crippen LogP contribution in [0.15, 0.2) is 43.0 Å². The smallest absolute Gasteiger partial charge is 0.337 e. The van der Waals surface area contributed by atoms with Crippen LogP contribution in [-0.2, 0) is 9.47 Å². The van der Waals surface area contributed by atoms with E-state index in [0.29, 0.717) is 12.2 Å². The molecule has 6 heteroatoms. The molecular weight excluding hydrogens is 336 g/mol. The first-order chi connectivity index (χ1) is 11.9. The Morgan fingerprint density at radius 2 is 1.96 bits per heavy atom. The number of benzene rings is 1. The number of carbonyl (C=O) groups is 1. The van der Waals surface area contributed by atoms with Crippen LogP contribution >= 0.6 is 11.8 Å². The SMILES string of the molecule is CCOC(c1ccc(C(=O)OC)cc1)C(SC(C)(C)C)n1ccnc1. The van der Waals surface area contributed by atoms with Gasteiger partial charge in [0.25, 0.3) is 0 Å². The molecule has 0 saturated heterocycles. The normalized spacial score (nSPS) is 14.1. The molecule has 1 aromatic carbocycles. The first-order valence-electron chi connectivity index (χ1n) is 8.31. The third-order valence-electron chi connectivity index (χ3n) is 3.56. The number of hydrogen-bond acceptors (Lipinski definition) is 5. The summed E-state index contributed by atoms with van der Waals surface area (Å²) in [6.07, 6.45) is 5.39. The van der Waals surface area contributed by atoms with Crippen LogP contribution in [0.1, 0.15) is 55.1 Å². The van der Waals surface area contributed by atoms with Crippen LogP contribution in [0.4, 0.5) is 0 Å². The lowest BCUT2D eigenvalue weighted by Gasteiger charge is -2.33. The molecular formula is C19H26N2O3S. The van der Waals surface area contributed by atoms with Crippen molar-refractivity contribution in [3.8, 4) is 0 Å². The molecule has 2 atom stereocenters. The summed E-state index contributed by atoms with van der Waals surface area (Å²) in [6, 6.07) is 7.42. The largest absolute Gasteiger partial charge is 0.465 e. The van der Waals surface area contributed by atoms with Crippen LogP contribution < -0.4 is 0 Å². The van der Waals surface area contributed by atoms with Gasteiger partial charge in [0, 0.05) is 23.7 Å². The summed E-state index contributed by atoms with van der Waals surface area (Å²) in [7, 11) is 1.38. The third-order valence-corrected chi connectivity index (χ3v) is 5.00. The maximum Gasteiger partial charge on any atom is 0.337 e. The average molecular weight is 362 g/mol. The van der Waals surface area contributed by atoms with Gasteiger partial charge in [-0.3, -0.25) is 0 Å². The highest BCUT2D eigenvalue weighted by Gasteiger charge is 2.30. The second kappa shape index (κ2) is 8.54. The molecule has 0 aliphatic heterocycles. The van der Waals surface area contributed by atoms with Gasteiger partial charge in [0.2, 0.25) is 0 Å². The van der Waals surface area contributed by atoms with E-state index < -0.39 is 0 Å². The molecule has 1 aromatic heterocycles. The Bertz CT molecular complexity index is 663. The highest BCUT2D eigenvalue weighted by atomic mass is 32.2. The quantitative estimate of drug-likeness (QED) is 0.680. The molecule has 2 aromatic rings. The lowest BCUT2D eigenvalue weighted by atomic mass is 10.1. The number of aromatic nitrogens is 2. The fraction of sp³-hybridized carbons (Fsp3) is 0.474. The number of nitrogens with zero attached hydrogens (tertiary/aromatic N) is 2. The molecule has 2 rings (SSSR count). The van der Waals surface area contributed by atoms with E-state index in [-0.39, 0.29) is 22.2 Å². The third kappa shape index (κ3) is 5.34. The van der Waals surface area contributed by atoms with Gasteiger partial charge >= 0.3 is 5.97 Å². The summed E-state index contributed by atoms with van der Waals surface area (Å²) in [5, 5.41) is 0.0337. The molecule has 0 N–H and O–H groups in total. The van der Waals surface area contributed by atoms with Gasteiger partial charge in [0.1, 0.15) is 11.5 Å². The molecule has 0 radical (unpaired) electrons. The number of methoxy groups -OCH3 is 1. The maximum atomic E-state index is 11.7. The fourth-order valence-corrected chi connectivity index (χ4v) is 3.84. The Kier molecular flexibility index (Phi) is 6.67. The van der Waals surface area contributed by atoms with Gasteiger partial charge in [-0.1, -0.05) is 32.9 Å². The van der Waals surface area contributed by atoms with Gasteiger partial charge in [-0.2, -0.15) is 0 Å². The summed E-state index contributed by atoms with van der Waals surface area (Å²) in [5.41, 5.74) is 1.55. The van der Waals surface area contributed by atoms with Gasteiger partial charge in [0.05, 0.1) is 19.0 Å². The second-order valence-electron chi connectivity index (χ2n) is 6.62. The Labute approximate surface area is 153 Å². The van der Waals surface area contributed by atoms with E-state index in [9.17, 15) is 4.79 Å². The Morgan fingerprint density at radius 1 is 1.28 bits per heavy atom. The molecule has 25 heavy (non-hydrogen) atoms. The zero-order valence-electron chi connectivity index (χ0n) is 15.4. The van der Waals surface area contributed by atoms with Gasteiger partial charge < -0.3 is 14.0 Å². The van der Waals surface area contributed by atoms with Crippen LogP contribution in [0.5, 0.6) is 0 Å². The minimum atomic E-state index is -0.338. The molecule has 0 spiro atoms. The predicted molar refractivity (Wildman–Crippen MR) is 101 cm³/mol. The molecule has 0 aliphatic rings. The van der Waals surface area contributed by atoms with E-state index in [1.807, 2.05) is 43.3 Å². The molecule has 2 unspecified atom stereocenters. The van der Waals surface area contributed by atoms with Crippen molar-refractivity contribution in [3.63, 3.8) is 0 Å². The molecule has 0 aliphatic carbocycles. The number of thioether (sulfide) groups is 1. The van der Waals surface area contributed by atoms with Gasteiger partial charge in [-0.05, 0) is 24.6 Å². The molecule has 0 fully saturated rings. The average Bonchev–Trinajstić information content (AvgIpc) is 3.11. The van der Waals surface area contributed by atoms with Crippen LogP contribution in [0.2, 0.25) is 0 Å². The molecule has 0 amide bonds. The van der Waals surface area contributed by atoms with Crippen molar-refractivity contribution >= 4 is 17.7 Å². The number of imidazole rings is 1. The van der Waals surface area contributed by atoms with Crippen LogP contribution in [-0.4, -0.2) is 34.0 Å². The molecule has 0 saturated carbocycles. The van der Waals surface area contributed by atoms with Crippen molar-refractivity contribution in [1.29, 1.82) is 0 Å². The fourth-order valence-electron chi connectivity index (χ4n) is 2.51. The van der Waals surface area contributed by atoms with Crippen molar-refractivity contribution in [2.75, 3.05) is 13.7 Å². The minimum absolute atomic E-state index is 0.0337. The van der Waals surface area contributed by atoms with E-state index in [0.717, 1.165) is 5.56 Å². The maximum absolute atomic E-state index is 11.7. The van der Waals surface area contributed by atoms with Crippen molar-refractivity contribution in [2.24, 2.45) is 0 Å². The van der Waals surface area contributed by atoms with Crippen LogP contribution in [0.3, 0.4) is 0 Å². The Hall–Kier alpha value is -1.79. The first-order valence-corrected chi connectivity index (χ1v) is 9.19. The highest BCUT2D eigenvalue weighted by molar-refractivity contribution is 8.00. The lowest BCUT2D eigenvalue weighted by molar-refractivity contribution is 0.0464. The van der Waals surface area contributed by atoms with Gasteiger partial charge in [-0.25, -0.2) is 9.78 Å². The molecule has 0 bridgehead atoms. The van der Waals surface area contributed by atoms with Gasteiger partial charge in [-0.15, -0.1) is 11.8 Å². The Morgan fingerprint density at radius 3 is 2.44 bits per heavy atom. The van der Waals surface area contributed by atoms with Gasteiger partial charge in [0.15, 0.2) is 0 Å². The number of carbonyl (C=O) groups excluding carboxylic acids is 1. The zero-order valence-corrected chi connectivity index (χ0v) is 16.2. The number of ether oxygens (including phenoxy) is 2. The number of rotatable bonds is 7. The summed E-state index contributed by atoms with van der Waals surface area (Å²) >= 11 is 1.82. The summed E-state index contributed by atoms with van der Waals surface area (Å²) in [5.74, 6) is -0.338. The van der Waals surface area contributed by atoms with Crippen molar-refractivity contribution in [3.05, 3.63) is 54.1 Å². The molecule has 1 heterocycles. The highest BCUT2D eigenvalue weighted by Crippen LogP contribution is 2.44. The zero-order chi connectivity index (χ0) is 18.4. The van der Waals surface area contributed by atoms with Crippen molar-refractivity contribution in [1.82, 2.24) is 9.55 Å². The summed E-state index contributed by atoms with van der Waals surface area (Å²) in [4.78, 5) is 15.8. The van der Waals surface area contributed by atoms with Crippen LogP contribution in [0.25, 0.3) is 0 Å². The minimum Gasteiger partial charge on any atom is -0.465 e. The first kappa shape index (κ1) is 19.5. The van der Waals surface area contributed by atoms with E-state index >= 15 is 0 Å². The van der Waals surface area contributed by atoms with Crippen molar-refractivity contribution in [2.45, 2.75) is 43.9 Å². The predicted octanol–water partition coefficient (Wildman–Crippen LogP) is 4.48. The van der Waals surface area contributed by atoms with E-state index in [1.54, 1.807) is 18.3 Å². The lowest BCUT2D eigenvalue weighted by Crippen LogP contribution is -2.22. The Balaban J connectivity index is 2.37. The van der Waals surface area contributed by atoms with Crippen molar-refractivity contribution < 1.29 is 14.3 Å². The summed E-state index contributed by atoms with van der Waals surface area (Å²) in [6.45, 7) is 9.14. The number of esters is 1.